The van der Waals surface area contributed by atoms with Gasteiger partial charge < -0.3 is 18.9 Å². The van der Waals surface area contributed by atoms with Gasteiger partial charge in [-0.15, -0.1) is 0 Å². The molecule has 2 N–H and O–H groups in total. The van der Waals surface area contributed by atoms with Crippen molar-refractivity contribution in [2.75, 3.05) is 20.3 Å². The van der Waals surface area contributed by atoms with Gasteiger partial charge >= 0.3 is 5.97 Å². The number of H-pyrrole nitrogens is 1. The van der Waals surface area contributed by atoms with Crippen molar-refractivity contribution in [1.82, 2.24) is 10.3 Å². The highest BCUT2D eigenvalue weighted by atomic mass is 28.4. The van der Waals surface area contributed by atoms with Gasteiger partial charge in [0.1, 0.15) is 11.8 Å². The second-order valence-corrected chi connectivity index (χ2v) is 15.7. The minimum atomic E-state index is -1.90. The average molecular weight is 511 g/mol. The quantitative estimate of drug-likeness (QED) is 0.222. The number of carbonyl (C=O) groups excluding carboxylic acids is 1. The van der Waals surface area contributed by atoms with Gasteiger partial charge in [-0.2, -0.15) is 0 Å². The smallest absolute Gasteiger partial charge is 0.327 e. The lowest BCUT2D eigenvalue weighted by Crippen LogP contribution is -2.41. The maximum Gasteiger partial charge on any atom is 0.327 e. The molecule has 0 saturated carbocycles. The molecule has 196 valence electrons. The Kier molecular flexibility index (Phi) is 9.03. The zero-order valence-corrected chi connectivity index (χ0v) is 24.0. The van der Waals surface area contributed by atoms with Gasteiger partial charge in [0, 0.05) is 36.2 Å². The van der Waals surface area contributed by atoms with Gasteiger partial charge in [-0.05, 0) is 42.2 Å². The molecule has 3 rings (SSSR count). The largest absolute Gasteiger partial charge is 0.495 e. The van der Waals surface area contributed by atoms with E-state index in [0.29, 0.717) is 19.8 Å². The molecule has 1 aromatic heterocycles. The Hall–Kier alpha value is -2.61. The topological polar surface area (TPSA) is 72.6 Å². The molecule has 0 fully saturated rings. The number of methoxy groups -OCH3 is 1. The van der Waals surface area contributed by atoms with Crippen LogP contribution in [0, 0.1) is 0 Å². The summed E-state index contributed by atoms with van der Waals surface area (Å²) in [7, 11) is -0.241. The van der Waals surface area contributed by atoms with Crippen LogP contribution in [0.5, 0.6) is 5.75 Å². The van der Waals surface area contributed by atoms with E-state index >= 15 is 0 Å². The van der Waals surface area contributed by atoms with Crippen LogP contribution >= 0.6 is 0 Å². The third-order valence-corrected chi connectivity index (χ3v) is 11.8. The molecular weight excluding hydrogens is 468 g/mol. The van der Waals surface area contributed by atoms with Crippen molar-refractivity contribution in [2.45, 2.75) is 71.3 Å². The fourth-order valence-corrected chi connectivity index (χ4v) is 5.19. The summed E-state index contributed by atoms with van der Waals surface area (Å²) in [6, 6.07) is 13.5. The molecule has 0 spiro atoms. The van der Waals surface area contributed by atoms with Crippen LogP contribution in [0.2, 0.25) is 18.1 Å². The maximum absolute atomic E-state index is 13.2. The van der Waals surface area contributed by atoms with Crippen LogP contribution in [0.25, 0.3) is 10.9 Å². The predicted octanol–water partition coefficient (Wildman–Crippen LogP) is 6.70. The number of hydrogen-bond donors (Lipinski definition) is 2. The summed E-state index contributed by atoms with van der Waals surface area (Å²) in [6.07, 6.45) is 1.90. The number of fused-ring (bicyclic) bond motifs is 1. The van der Waals surface area contributed by atoms with Crippen molar-refractivity contribution in [3.63, 3.8) is 0 Å². The van der Waals surface area contributed by atoms with Gasteiger partial charge in [0.25, 0.3) is 0 Å². The number of aromatic nitrogens is 1. The summed E-state index contributed by atoms with van der Waals surface area (Å²) < 4.78 is 17.7. The fourth-order valence-electron chi connectivity index (χ4n) is 4.09. The lowest BCUT2D eigenvalue weighted by molar-refractivity contribution is -0.145. The lowest BCUT2D eigenvalue weighted by Gasteiger charge is -2.37. The van der Waals surface area contributed by atoms with Crippen LogP contribution in [0.4, 0.5) is 0 Å². The number of aromatic amines is 1. The van der Waals surface area contributed by atoms with E-state index in [4.69, 9.17) is 13.9 Å². The zero-order valence-electron chi connectivity index (χ0n) is 23.0. The Balaban J connectivity index is 2.02. The van der Waals surface area contributed by atoms with Gasteiger partial charge in [-0.1, -0.05) is 64.1 Å². The van der Waals surface area contributed by atoms with Gasteiger partial charge in [0.2, 0.25) is 0 Å². The average Bonchev–Trinajstić information content (AvgIpc) is 3.27. The highest BCUT2D eigenvalue weighted by Crippen LogP contribution is 2.40. The first-order valence-electron chi connectivity index (χ1n) is 12.8. The van der Waals surface area contributed by atoms with Crippen molar-refractivity contribution in [1.29, 1.82) is 0 Å². The van der Waals surface area contributed by atoms with Gasteiger partial charge in [0.15, 0.2) is 8.32 Å². The van der Waals surface area contributed by atoms with Gasteiger partial charge in [-0.25, -0.2) is 4.79 Å². The first kappa shape index (κ1) is 28.0. The second kappa shape index (κ2) is 11.6. The standard InChI is InChI=1S/C29H42N2O4Si/c1-9-34-28(32)26(30-17-21-13-11-10-12-14-21)23-18-31-27-24(33-6)16-15-22(25(23)27)20(2)19-35-36(7,8)29(3,4)5/h10-16,18,20,26,30-31H,9,17,19H2,1-8H3. The molecular formula is C29H42N2O4Si. The van der Waals surface area contributed by atoms with Crippen LogP contribution in [-0.4, -0.2) is 39.6 Å². The molecule has 0 bridgehead atoms. The molecule has 6 nitrogen and oxygen atoms in total. The SMILES string of the molecule is CCOC(=O)C(NCc1ccccc1)c1c[nH]c2c(OC)ccc(C(C)CO[Si](C)(C)C(C)(C)C)c12. The van der Waals surface area contributed by atoms with Crippen molar-refractivity contribution in [3.05, 3.63) is 65.4 Å². The number of carbonyl (C=O) groups is 1. The minimum absolute atomic E-state index is 0.124. The molecule has 2 unspecified atom stereocenters. The Morgan fingerprint density at radius 3 is 2.39 bits per heavy atom. The van der Waals surface area contributed by atoms with E-state index < -0.39 is 14.4 Å². The highest BCUT2D eigenvalue weighted by Gasteiger charge is 2.37. The van der Waals surface area contributed by atoms with E-state index in [1.165, 1.54) is 0 Å². The number of nitrogens with one attached hydrogen (secondary N) is 2. The molecule has 0 aliphatic carbocycles. The molecule has 0 aliphatic rings. The second-order valence-electron chi connectivity index (χ2n) is 10.9. The monoisotopic (exact) mass is 510 g/mol. The third-order valence-electron chi connectivity index (χ3n) is 7.30. The first-order valence-corrected chi connectivity index (χ1v) is 15.7. The van der Waals surface area contributed by atoms with Crippen LogP contribution < -0.4 is 10.1 Å². The molecule has 7 heteroatoms. The first-order chi connectivity index (χ1) is 17.0. The molecule has 0 radical (unpaired) electrons. The molecule has 3 aromatic rings. The minimum Gasteiger partial charge on any atom is -0.495 e. The van der Waals surface area contributed by atoms with Gasteiger partial charge in [0.05, 0.1) is 19.2 Å². The summed E-state index contributed by atoms with van der Waals surface area (Å²) in [6.45, 7) is 16.8. The summed E-state index contributed by atoms with van der Waals surface area (Å²) in [5, 5.41) is 4.56. The number of rotatable bonds is 11. The van der Waals surface area contributed by atoms with E-state index in [0.717, 1.165) is 33.3 Å². The fraction of sp³-hybridized carbons (Fsp3) is 0.483. The van der Waals surface area contributed by atoms with E-state index in [-0.39, 0.29) is 16.9 Å². The molecule has 2 atom stereocenters. The predicted molar refractivity (Wildman–Crippen MR) is 149 cm³/mol. The molecule has 0 aliphatic heterocycles. The number of ether oxygens (including phenoxy) is 2. The Labute approximate surface area is 216 Å². The van der Waals surface area contributed by atoms with Crippen LogP contribution in [0.3, 0.4) is 0 Å². The summed E-state index contributed by atoms with van der Waals surface area (Å²) in [4.78, 5) is 16.5. The number of esters is 1. The van der Waals surface area contributed by atoms with E-state index in [9.17, 15) is 4.79 Å². The van der Waals surface area contributed by atoms with Crippen LogP contribution in [0.15, 0.2) is 48.7 Å². The normalized spacial score (nSPS) is 14.0. The number of hydrogen-bond acceptors (Lipinski definition) is 5. The maximum atomic E-state index is 13.2. The van der Waals surface area contributed by atoms with Crippen molar-refractivity contribution < 1.29 is 18.7 Å². The summed E-state index contributed by atoms with van der Waals surface area (Å²) in [5.41, 5.74) is 3.95. The Morgan fingerprint density at radius 2 is 1.78 bits per heavy atom. The van der Waals surface area contributed by atoms with Crippen molar-refractivity contribution in [2.24, 2.45) is 0 Å². The van der Waals surface area contributed by atoms with E-state index in [1.54, 1.807) is 7.11 Å². The zero-order chi connectivity index (χ0) is 26.5. The van der Waals surface area contributed by atoms with Crippen molar-refractivity contribution >= 4 is 25.2 Å². The summed E-state index contributed by atoms with van der Waals surface area (Å²) >= 11 is 0. The van der Waals surface area contributed by atoms with Crippen molar-refractivity contribution in [3.8, 4) is 5.75 Å². The van der Waals surface area contributed by atoms with Gasteiger partial charge in [-0.3, -0.25) is 5.32 Å². The molecule has 1 heterocycles. The lowest BCUT2D eigenvalue weighted by atomic mass is 9.93. The molecule has 2 aromatic carbocycles. The number of benzene rings is 2. The van der Waals surface area contributed by atoms with Crippen LogP contribution in [0.1, 0.15) is 63.3 Å². The Bertz CT molecular complexity index is 1150. The molecule has 0 saturated heterocycles. The molecule has 36 heavy (non-hydrogen) atoms. The van der Waals surface area contributed by atoms with E-state index in [1.807, 2.05) is 49.5 Å². The van der Waals surface area contributed by atoms with E-state index in [2.05, 4.69) is 57.2 Å². The highest BCUT2D eigenvalue weighted by molar-refractivity contribution is 6.74. The third kappa shape index (κ3) is 6.20. The summed E-state index contributed by atoms with van der Waals surface area (Å²) in [5.74, 6) is 0.565. The Morgan fingerprint density at radius 1 is 1.08 bits per heavy atom. The molecule has 0 amide bonds. The van der Waals surface area contributed by atoms with Crippen LogP contribution in [-0.2, 0) is 20.5 Å².